The van der Waals surface area contributed by atoms with E-state index in [0.29, 0.717) is 0 Å². The molecule has 12 heteroatoms. The van der Waals surface area contributed by atoms with Crippen molar-refractivity contribution in [3.63, 3.8) is 0 Å². The second-order valence-corrected chi connectivity index (χ2v) is 20.6. The summed E-state index contributed by atoms with van der Waals surface area (Å²) in [5.74, 6) is 0. The predicted molar refractivity (Wildman–Crippen MR) is 153 cm³/mol. The van der Waals surface area contributed by atoms with Gasteiger partial charge in [-0.3, -0.25) is 0 Å². The van der Waals surface area contributed by atoms with Crippen LogP contribution in [-0.2, 0) is 0 Å². The van der Waals surface area contributed by atoms with Crippen LogP contribution in [0.3, 0.4) is 0 Å². The van der Waals surface area contributed by atoms with Gasteiger partial charge >= 0.3 is 0 Å². The molecule has 0 saturated carbocycles. The van der Waals surface area contributed by atoms with E-state index < -0.39 is 22.5 Å². The Hall–Kier alpha value is 0.450. The Balaban J connectivity index is 1.54. The molecule has 204 valence electrons. The van der Waals surface area contributed by atoms with E-state index in [1.54, 1.807) is 0 Å². The van der Waals surface area contributed by atoms with E-state index in [0.717, 1.165) is 0 Å². The van der Waals surface area contributed by atoms with Gasteiger partial charge in [0.2, 0.25) is 22.5 Å². The van der Waals surface area contributed by atoms with Crippen molar-refractivity contribution in [2.75, 3.05) is 78.5 Å². The zero-order valence-corrected chi connectivity index (χ0v) is 25.0. The largest absolute Gasteiger partial charge is 0.240 e. The molecule has 0 aromatic rings. The van der Waals surface area contributed by atoms with Crippen LogP contribution in [0.25, 0.3) is 0 Å². The van der Waals surface area contributed by atoms with Gasteiger partial charge in [0.25, 0.3) is 0 Å². The molecule has 0 unspecified atom stereocenters. The average Bonchev–Trinajstić information content (AvgIpc) is 3.80. The first kappa shape index (κ1) is 25.4. The summed E-state index contributed by atoms with van der Waals surface area (Å²) in [6, 6.07) is 0. The van der Waals surface area contributed by atoms with Crippen molar-refractivity contribution in [3.8, 4) is 0 Å². The Kier molecular flexibility index (Phi) is 7.38. The van der Waals surface area contributed by atoms with E-state index in [1.165, 1.54) is 156 Å². The van der Waals surface area contributed by atoms with E-state index in [1.807, 2.05) is 0 Å². The van der Waals surface area contributed by atoms with Crippen molar-refractivity contribution < 1.29 is 0 Å². The van der Waals surface area contributed by atoms with E-state index in [-0.39, 0.29) is 0 Å². The average molecular weight is 556 g/mol. The van der Waals surface area contributed by atoms with E-state index in [2.05, 4.69) is 28.0 Å². The molecule has 0 N–H and O–H groups in total. The van der Waals surface area contributed by atoms with Crippen LogP contribution in [-0.4, -0.2) is 107 Å². The lowest BCUT2D eigenvalue weighted by Crippen LogP contribution is -2.35. The summed E-state index contributed by atoms with van der Waals surface area (Å²) < 4.78 is 35.9. The molecule has 7 heterocycles. The number of nitrogens with zero attached hydrogens (tertiary/aromatic N) is 9. The Morgan fingerprint density at radius 1 is 0.250 bits per heavy atom. The molecular weight excluding hydrogens is 507 g/mol. The zero-order valence-electron chi connectivity index (χ0n) is 22.3. The first-order valence-electron chi connectivity index (χ1n) is 15.2. The summed E-state index contributed by atoms with van der Waals surface area (Å²) in [4.78, 5) is 0. The first-order chi connectivity index (χ1) is 17.8. The predicted octanol–water partition coefficient (Wildman–Crippen LogP) is 6.41. The Morgan fingerprint density at radius 2 is 0.389 bits per heavy atom. The van der Waals surface area contributed by atoms with Crippen molar-refractivity contribution in [2.24, 2.45) is 13.5 Å². The van der Waals surface area contributed by atoms with Crippen molar-refractivity contribution in [1.29, 1.82) is 0 Å². The Bertz CT molecular complexity index is 763. The Morgan fingerprint density at radius 3 is 0.528 bits per heavy atom. The first-order valence-corrected chi connectivity index (χ1v) is 20.0. The van der Waals surface area contributed by atoms with Gasteiger partial charge in [0.05, 0.1) is 0 Å². The van der Waals surface area contributed by atoms with Crippen molar-refractivity contribution in [3.05, 3.63) is 0 Å². The third-order valence-electron chi connectivity index (χ3n) is 9.49. The van der Waals surface area contributed by atoms with Gasteiger partial charge in [-0.15, -0.1) is 0 Å². The highest BCUT2D eigenvalue weighted by atomic mass is 31.3. The van der Waals surface area contributed by atoms with Crippen LogP contribution in [0.15, 0.2) is 13.5 Å². The minimum atomic E-state index is -2.18. The van der Waals surface area contributed by atoms with E-state index in [9.17, 15) is 0 Å². The Labute approximate surface area is 219 Å². The van der Waals surface area contributed by atoms with Crippen LogP contribution in [0, 0.1) is 0 Å². The van der Waals surface area contributed by atoms with Crippen molar-refractivity contribution in [1.82, 2.24) is 28.0 Å². The van der Waals surface area contributed by atoms with Crippen LogP contribution in [0.5, 0.6) is 0 Å². The number of hydrogen-bond acceptors (Lipinski definition) is 9. The number of hydrogen-bond donors (Lipinski definition) is 0. The molecule has 36 heavy (non-hydrogen) atoms. The smallest absolute Gasteiger partial charge is 0.221 e. The van der Waals surface area contributed by atoms with Crippen LogP contribution in [0.4, 0.5) is 0 Å². The van der Waals surface area contributed by atoms with E-state index in [4.69, 9.17) is 13.5 Å². The third kappa shape index (κ3) is 4.14. The molecule has 0 spiro atoms. The minimum absolute atomic E-state index is 1.19. The van der Waals surface area contributed by atoms with Gasteiger partial charge < -0.3 is 0 Å². The highest BCUT2D eigenvalue weighted by Gasteiger charge is 2.53. The molecule has 0 aliphatic carbocycles. The third-order valence-corrected chi connectivity index (χ3v) is 22.2. The molecule has 0 atom stereocenters. The molecule has 7 aliphatic rings. The molecule has 6 fully saturated rings. The fourth-order valence-corrected chi connectivity index (χ4v) is 24.2. The molecule has 0 aromatic carbocycles. The van der Waals surface area contributed by atoms with Gasteiger partial charge in [-0.25, -0.2) is 28.0 Å². The lowest BCUT2D eigenvalue weighted by atomic mass is 10.4. The molecule has 0 aromatic heterocycles. The van der Waals surface area contributed by atoms with Gasteiger partial charge in [-0.1, -0.05) is 0 Å². The summed E-state index contributed by atoms with van der Waals surface area (Å²) >= 11 is 0. The topological polar surface area (TPSA) is 56.5 Å². The molecule has 7 rings (SSSR count). The summed E-state index contributed by atoms with van der Waals surface area (Å²) in [6.07, 6.45) is 15.8. The van der Waals surface area contributed by atoms with Gasteiger partial charge in [0, 0.05) is 78.5 Å². The van der Waals surface area contributed by atoms with Crippen LogP contribution in [0.1, 0.15) is 77.0 Å². The SMILES string of the molecule is C1CCN(P2(N3CCCC3)=NP(N3CCCC3)(N3CCCC3)=NP(N3CCCC3)(N3CCCC3)=N2)C1. The quantitative estimate of drug-likeness (QED) is 0.353. The summed E-state index contributed by atoms with van der Waals surface area (Å²) in [5, 5.41) is 0. The summed E-state index contributed by atoms with van der Waals surface area (Å²) in [6.45, 7) is 14.3. The standard InChI is InChI=1S/C24H48N9P3/c1-2-14-28(13-1)34(29-15-3-4-16-29)25-35(30-17-5-6-18-30,31-19-7-8-20-31)27-36(26-34,32-21-9-10-22-32)33-23-11-12-24-33/h1-24H2. The second-order valence-electron chi connectivity index (χ2n) is 11.8. The molecular formula is C24H48N9P3. The fourth-order valence-electron chi connectivity index (χ4n) is 7.56. The molecule has 0 radical (unpaired) electrons. The molecule has 6 saturated heterocycles. The zero-order chi connectivity index (χ0) is 24.1. The van der Waals surface area contributed by atoms with Crippen molar-refractivity contribution >= 4 is 22.5 Å². The van der Waals surface area contributed by atoms with E-state index >= 15 is 0 Å². The van der Waals surface area contributed by atoms with Crippen LogP contribution in [0.2, 0.25) is 0 Å². The maximum atomic E-state index is 6.28. The second kappa shape index (κ2) is 10.5. The van der Waals surface area contributed by atoms with Gasteiger partial charge in [0.15, 0.2) is 0 Å². The molecule has 7 aliphatic heterocycles. The lowest BCUT2D eigenvalue weighted by molar-refractivity contribution is 0.437. The summed E-state index contributed by atoms with van der Waals surface area (Å²) in [5.41, 5.74) is 0. The van der Waals surface area contributed by atoms with Gasteiger partial charge in [-0.05, 0) is 77.0 Å². The molecule has 9 nitrogen and oxygen atoms in total. The molecule has 0 amide bonds. The lowest BCUT2D eigenvalue weighted by Gasteiger charge is -2.50. The molecule has 0 bridgehead atoms. The number of rotatable bonds is 6. The maximum Gasteiger partial charge on any atom is 0.221 e. The monoisotopic (exact) mass is 555 g/mol. The normalized spacial score (nSPS) is 34.3. The van der Waals surface area contributed by atoms with Crippen molar-refractivity contribution in [2.45, 2.75) is 77.0 Å². The van der Waals surface area contributed by atoms with Crippen LogP contribution < -0.4 is 0 Å². The maximum absolute atomic E-state index is 6.28. The summed E-state index contributed by atoms with van der Waals surface area (Å²) in [7, 11) is -6.55. The highest BCUT2D eigenvalue weighted by molar-refractivity contribution is 7.83. The van der Waals surface area contributed by atoms with Gasteiger partial charge in [0.1, 0.15) is 0 Å². The fraction of sp³-hybridized carbons (Fsp3) is 1.00. The minimum Gasteiger partial charge on any atom is -0.240 e. The van der Waals surface area contributed by atoms with Crippen LogP contribution >= 0.6 is 22.5 Å². The highest BCUT2D eigenvalue weighted by Crippen LogP contribution is 2.84. The van der Waals surface area contributed by atoms with Gasteiger partial charge in [-0.2, -0.15) is 13.5 Å².